The van der Waals surface area contributed by atoms with Crippen molar-refractivity contribution in [2.24, 2.45) is 0 Å². The second-order valence-electron chi connectivity index (χ2n) is 4.68. The zero-order valence-corrected chi connectivity index (χ0v) is 13.8. The number of nitriles is 1. The van der Waals surface area contributed by atoms with Crippen molar-refractivity contribution in [2.45, 2.75) is 26.9 Å². The molecule has 0 atom stereocenters. The van der Waals surface area contributed by atoms with E-state index in [9.17, 15) is 0 Å². The lowest BCUT2D eigenvalue weighted by atomic mass is 10.1. The highest BCUT2D eigenvalue weighted by Gasteiger charge is 2.23. The average Bonchev–Trinajstić information content (AvgIpc) is 3.05. The van der Waals surface area contributed by atoms with E-state index >= 15 is 0 Å². The van der Waals surface area contributed by atoms with Crippen molar-refractivity contribution in [1.29, 1.82) is 5.26 Å². The summed E-state index contributed by atoms with van der Waals surface area (Å²) in [5.74, 6) is 2.37. The van der Waals surface area contributed by atoms with E-state index in [1.54, 1.807) is 26.5 Å². The molecule has 6 nitrogen and oxygen atoms in total. The maximum Gasteiger partial charge on any atom is 0.234 e. The van der Waals surface area contributed by atoms with Crippen molar-refractivity contribution < 1.29 is 9.47 Å². The van der Waals surface area contributed by atoms with Crippen molar-refractivity contribution in [1.82, 2.24) is 9.97 Å². The van der Waals surface area contributed by atoms with E-state index < -0.39 is 0 Å². The molecule has 1 aromatic carbocycles. The molecule has 0 aliphatic carbocycles. The Morgan fingerprint density at radius 1 is 1.09 bits per heavy atom. The van der Waals surface area contributed by atoms with E-state index in [2.05, 4.69) is 14.9 Å². The van der Waals surface area contributed by atoms with Gasteiger partial charge in [-0.2, -0.15) is 5.26 Å². The van der Waals surface area contributed by atoms with Gasteiger partial charge in [-0.25, -0.2) is 9.97 Å². The van der Waals surface area contributed by atoms with Gasteiger partial charge in [0.2, 0.25) is 5.82 Å². The molecular formula is C17H20N4O2. The maximum absolute atomic E-state index is 8.89. The van der Waals surface area contributed by atoms with Gasteiger partial charge in [-0.1, -0.05) is 13.8 Å². The molecule has 0 amide bonds. The van der Waals surface area contributed by atoms with E-state index in [1.807, 2.05) is 32.0 Å². The fourth-order valence-electron chi connectivity index (χ4n) is 2.47. The lowest BCUT2D eigenvalue weighted by Gasteiger charge is -2.15. The quantitative estimate of drug-likeness (QED) is 0.868. The highest BCUT2D eigenvalue weighted by atomic mass is 16.5. The van der Waals surface area contributed by atoms with Crippen molar-refractivity contribution in [3.05, 3.63) is 41.3 Å². The van der Waals surface area contributed by atoms with Crippen molar-refractivity contribution in [3.63, 3.8) is 0 Å². The van der Waals surface area contributed by atoms with Gasteiger partial charge in [0, 0.05) is 19.3 Å². The number of methoxy groups -OCH3 is 2. The molecule has 1 aliphatic rings. The summed E-state index contributed by atoms with van der Waals surface area (Å²) in [5, 5.41) is 8.89. The maximum atomic E-state index is 8.89. The molecule has 6 heteroatoms. The number of fused-ring (bicyclic) bond motifs is 1. The second-order valence-corrected chi connectivity index (χ2v) is 4.68. The van der Waals surface area contributed by atoms with Gasteiger partial charge >= 0.3 is 0 Å². The molecular weight excluding hydrogens is 292 g/mol. The first-order valence-corrected chi connectivity index (χ1v) is 7.47. The number of benzene rings is 1. The number of hydrogen-bond acceptors (Lipinski definition) is 6. The molecule has 120 valence electrons. The van der Waals surface area contributed by atoms with Crippen LogP contribution in [-0.2, 0) is 13.1 Å². The second kappa shape index (κ2) is 7.45. The van der Waals surface area contributed by atoms with Crippen molar-refractivity contribution in [3.8, 4) is 17.6 Å². The van der Waals surface area contributed by atoms with Crippen LogP contribution in [0.3, 0.4) is 0 Å². The standard InChI is InChI=1S/C15H14N4O2.C2H6/c1-20-12-5-10-8-19(9-11(10)6-13(12)21-2)15-3-4-17-14(7-16)18-15;1-2/h3-6H,8-9H2,1-2H3;1-2H3. The van der Waals surface area contributed by atoms with Crippen molar-refractivity contribution in [2.75, 3.05) is 19.1 Å². The number of ether oxygens (including phenoxy) is 2. The Hall–Kier alpha value is -2.81. The summed E-state index contributed by atoms with van der Waals surface area (Å²) in [6, 6.07) is 7.74. The van der Waals surface area contributed by atoms with Crippen LogP contribution in [0.25, 0.3) is 0 Å². The first-order chi connectivity index (χ1) is 11.2. The lowest BCUT2D eigenvalue weighted by molar-refractivity contribution is 0.354. The highest BCUT2D eigenvalue weighted by Crippen LogP contribution is 2.36. The van der Waals surface area contributed by atoms with E-state index in [0.717, 1.165) is 30.4 Å². The molecule has 3 rings (SSSR count). The first kappa shape index (κ1) is 16.6. The van der Waals surface area contributed by atoms with Crippen LogP contribution in [0.1, 0.15) is 30.8 Å². The van der Waals surface area contributed by atoms with E-state index in [0.29, 0.717) is 0 Å². The minimum Gasteiger partial charge on any atom is -0.493 e. The SMILES string of the molecule is CC.COc1cc2c(cc1OC)CN(c1ccnc(C#N)n1)C2. The van der Waals surface area contributed by atoms with Crippen LogP contribution >= 0.6 is 0 Å². The molecule has 0 unspecified atom stereocenters. The Balaban J connectivity index is 0.000000924. The summed E-state index contributed by atoms with van der Waals surface area (Å²) in [4.78, 5) is 10.2. The Labute approximate surface area is 136 Å². The molecule has 0 saturated carbocycles. The van der Waals surface area contributed by atoms with Crippen molar-refractivity contribution >= 4 is 5.82 Å². The predicted molar refractivity (Wildman–Crippen MR) is 87.5 cm³/mol. The molecule has 2 heterocycles. The minimum atomic E-state index is 0.179. The number of anilines is 1. The molecule has 1 aliphatic heterocycles. The van der Waals surface area contributed by atoms with Gasteiger partial charge in [0.15, 0.2) is 11.5 Å². The molecule has 1 aromatic heterocycles. The molecule has 23 heavy (non-hydrogen) atoms. The number of aromatic nitrogens is 2. The Kier molecular flexibility index (Phi) is 5.36. The third-order valence-electron chi connectivity index (χ3n) is 3.49. The largest absolute Gasteiger partial charge is 0.493 e. The average molecular weight is 312 g/mol. The van der Waals surface area contributed by atoms with Gasteiger partial charge in [0.1, 0.15) is 11.9 Å². The van der Waals surface area contributed by atoms with Crippen LogP contribution in [0, 0.1) is 11.3 Å². The summed E-state index contributed by atoms with van der Waals surface area (Å²) in [6.45, 7) is 5.44. The molecule has 2 aromatic rings. The molecule has 0 spiro atoms. The summed E-state index contributed by atoms with van der Waals surface area (Å²) in [5.41, 5.74) is 2.34. The number of hydrogen-bond donors (Lipinski definition) is 0. The summed E-state index contributed by atoms with van der Waals surface area (Å²) < 4.78 is 10.7. The van der Waals surface area contributed by atoms with Gasteiger partial charge in [0.25, 0.3) is 0 Å². The van der Waals surface area contributed by atoms with E-state index in [4.69, 9.17) is 14.7 Å². The smallest absolute Gasteiger partial charge is 0.234 e. The van der Waals surface area contributed by atoms with Gasteiger partial charge < -0.3 is 14.4 Å². The third-order valence-corrected chi connectivity index (χ3v) is 3.49. The van der Waals surface area contributed by atoms with Gasteiger partial charge in [-0.05, 0) is 29.3 Å². The number of nitrogens with zero attached hydrogens (tertiary/aromatic N) is 4. The fourth-order valence-corrected chi connectivity index (χ4v) is 2.47. The van der Waals surface area contributed by atoms with Crippen LogP contribution in [0.4, 0.5) is 5.82 Å². The monoisotopic (exact) mass is 312 g/mol. The van der Waals surface area contributed by atoms with Crippen LogP contribution < -0.4 is 14.4 Å². The lowest BCUT2D eigenvalue weighted by Crippen LogP contribution is -2.16. The zero-order valence-electron chi connectivity index (χ0n) is 13.8. The highest BCUT2D eigenvalue weighted by molar-refractivity contribution is 5.54. The van der Waals surface area contributed by atoms with E-state index in [-0.39, 0.29) is 5.82 Å². The van der Waals surface area contributed by atoms with Gasteiger partial charge in [0.05, 0.1) is 14.2 Å². The predicted octanol–water partition coefficient (Wildman–Crippen LogP) is 2.91. The minimum absolute atomic E-state index is 0.179. The Morgan fingerprint density at radius 2 is 1.65 bits per heavy atom. The summed E-state index contributed by atoms with van der Waals surface area (Å²) in [7, 11) is 3.25. The first-order valence-electron chi connectivity index (χ1n) is 7.47. The van der Waals surface area contributed by atoms with Crippen LogP contribution in [-0.4, -0.2) is 24.2 Å². The topological polar surface area (TPSA) is 71.3 Å². The molecule has 0 N–H and O–H groups in total. The summed E-state index contributed by atoms with van der Waals surface area (Å²) >= 11 is 0. The molecule has 0 saturated heterocycles. The normalized spacial score (nSPS) is 11.9. The van der Waals surface area contributed by atoms with Crippen LogP contribution in [0.15, 0.2) is 24.4 Å². The Morgan fingerprint density at radius 3 is 2.13 bits per heavy atom. The molecule has 0 fully saturated rings. The fraction of sp³-hybridized carbons (Fsp3) is 0.353. The molecule has 0 radical (unpaired) electrons. The van der Waals surface area contributed by atoms with Crippen LogP contribution in [0.5, 0.6) is 11.5 Å². The van der Waals surface area contributed by atoms with E-state index in [1.165, 1.54) is 11.1 Å². The molecule has 0 bridgehead atoms. The number of rotatable bonds is 3. The third kappa shape index (κ3) is 3.34. The van der Waals surface area contributed by atoms with Gasteiger partial charge in [-0.3, -0.25) is 0 Å². The zero-order chi connectivity index (χ0) is 16.8. The van der Waals surface area contributed by atoms with Gasteiger partial charge in [-0.15, -0.1) is 0 Å². The van der Waals surface area contributed by atoms with Crippen LogP contribution in [0.2, 0.25) is 0 Å². The Bertz CT molecular complexity index is 692. The summed E-state index contributed by atoms with van der Waals surface area (Å²) in [6.07, 6.45) is 1.60.